The number of hydrogen-bond acceptors (Lipinski definition) is 3. The van der Waals surface area contributed by atoms with Crippen LogP contribution in [0, 0.1) is 0 Å². The van der Waals surface area contributed by atoms with Gasteiger partial charge in [0.05, 0.1) is 5.56 Å². The van der Waals surface area contributed by atoms with E-state index in [1.165, 1.54) is 12.1 Å². The molecule has 0 spiro atoms. The Morgan fingerprint density at radius 3 is 2.48 bits per heavy atom. The number of aromatic nitrogens is 1. The molecule has 0 radical (unpaired) electrons. The van der Waals surface area contributed by atoms with Crippen molar-refractivity contribution in [2.45, 2.75) is 6.18 Å². The summed E-state index contributed by atoms with van der Waals surface area (Å²) >= 11 is 0. The molecule has 0 unspecified atom stereocenters. The van der Waals surface area contributed by atoms with E-state index in [4.69, 9.17) is 0 Å². The van der Waals surface area contributed by atoms with E-state index in [1.54, 1.807) is 4.90 Å². The van der Waals surface area contributed by atoms with Crippen LogP contribution in [-0.4, -0.2) is 42.0 Å². The number of nitrogens with one attached hydrogen (secondary N) is 2. The largest absolute Gasteiger partial charge is 0.416 e. The molecule has 8 heteroatoms. The van der Waals surface area contributed by atoms with Crippen LogP contribution in [0.2, 0.25) is 0 Å². The van der Waals surface area contributed by atoms with Crippen molar-refractivity contribution in [1.82, 2.24) is 15.2 Å². The summed E-state index contributed by atoms with van der Waals surface area (Å²) in [6, 6.07) is 4.40. The fourth-order valence-electron chi connectivity index (χ4n) is 2.57. The highest BCUT2D eigenvalue weighted by molar-refractivity contribution is 5.97. The predicted molar refractivity (Wildman–Crippen MR) is 78.3 cm³/mol. The molecule has 1 aliphatic heterocycles. The molecule has 5 nitrogen and oxygen atoms in total. The zero-order valence-corrected chi connectivity index (χ0v) is 12.0. The van der Waals surface area contributed by atoms with Crippen LogP contribution >= 0.6 is 0 Å². The second-order valence-electron chi connectivity index (χ2n) is 5.35. The van der Waals surface area contributed by atoms with Crippen LogP contribution in [0.3, 0.4) is 0 Å². The molecular weight excluding hydrogens is 311 g/mol. The van der Waals surface area contributed by atoms with E-state index in [9.17, 15) is 22.8 Å². The number of fused-ring (bicyclic) bond motifs is 1. The Morgan fingerprint density at radius 1 is 1.13 bits per heavy atom. The predicted octanol–water partition coefficient (Wildman–Crippen LogP) is 1.59. The van der Waals surface area contributed by atoms with Gasteiger partial charge in [0.1, 0.15) is 5.56 Å². The lowest BCUT2D eigenvalue weighted by molar-refractivity contribution is -0.137. The number of amides is 1. The molecule has 2 aromatic rings. The molecule has 1 aromatic carbocycles. The van der Waals surface area contributed by atoms with E-state index in [0.717, 1.165) is 12.1 Å². The van der Waals surface area contributed by atoms with Gasteiger partial charge < -0.3 is 15.2 Å². The standard InChI is InChI=1S/C15H14F3N3O2/c16-15(17,18)10-2-1-9-7-11(13(22)20-12(9)8-10)14(23)21-5-3-19-4-6-21/h1-2,7-8,19H,3-6H2,(H,20,22). The average Bonchev–Trinajstić information content (AvgIpc) is 2.53. The maximum atomic E-state index is 12.7. The third-order valence-electron chi connectivity index (χ3n) is 3.81. The number of hydrogen-bond donors (Lipinski definition) is 2. The van der Waals surface area contributed by atoms with Gasteiger partial charge in [-0.05, 0) is 23.6 Å². The molecule has 0 atom stereocenters. The summed E-state index contributed by atoms with van der Waals surface area (Å²) < 4.78 is 38.1. The zero-order chi connectivity index (χ0) is 16.6. The number of nitrogens with zero attached hydrogens (tertiary/aromatic N) is 1. The van der Waals surface area contributed by atoms with E-state index >= 15 is 0 Å². The lowest BCUT2D eigenvalue weighted by Crippen LogP contribution is -2.47. The smallest absolute Gasteiger partial charge is 0.336 e. The summed E-state index contributed by atoms with van der Waals surface area (Å²) in [6.45, 7) is 2.27. The summed E-state index contributed by atoms with van der Waals surface area (Å²) in [5.41, 5.74) is -1.52. The zero-order valence-electron chi connectivity index (χ0n) is 12.0. The molecular formula is C15H14F3N3O2. The quantitative estimate of drug-likeness (QED) is 0.837. The van der Waals surface area contributed by atoms with Gasteiger partial charge in [0, 0.05) is 31.7 Å². The first-order valence-corrected chi connectivity index (χ1v) is 7.10. The number of benzene rings is 1. The molecule has 1 amide bonds. The molecule has 2 N–H and O–H groups in total. The third-order valence-corrected chi connectivity index (χ3v) is 3.81. The van der Waals surface area contributed by atoms with Crippen molar-refractivity contribution in [3.8, 4) is 0 Å². The van der Waals surface area contributed by atoms with Crippen molar-refractivity contribution in [2.75, 3.05) is 26.2 Å². The van der Waals surface area contributed by atoms with Gasteiger partial charge in [-0.3, -0.25) is 9.59 Å². The Hall–Kier alpha value is -2.35. The summed E-state index contributed by atoms with van der Waals surface area (Å²) in [7, 11) is 0. The molecule has 0 saturated carbocycles. The summed E-state index contributed by atoms with van der Waals surface area (Å²) in [5.74, 6) is -0.408. The molecule has 23 heavy (non-hydrogen) atoms. The van der Waals surface area contributed by atoms with Gasteiger partial charge in [0.2, 0.25) is 0 Å². The third kappa shape index (κ3) is 3.07. The van der Waals surface area contributed by atoms with Crippen molar-refractivity contribution < 1.29 is 18.0 Å². The van der Waals surface area contributed by atoms with Crippen LogP contribution in [0.5, 0.6) is 0 Å². The van der Waals surface area contributed by atoms with Crippen LogP contribution in [-0.2, 0) is 6.18 Å². The monoisotopic (exact) mass is 325 g/mol. The van der Waals surface area contributed by atoms with E-state index in [2.05, 4.69) is 10.3 Å². The van der Waals surface area contributed by atoms with Gasteiger partial charge in [0.25, 0.3) is 11.5 Å². The Kier molecular flexibility index (Phi) is 3.85. The van der Waals surface area contributed by atoms with E-state index < -0.39 is 23.2 Å². The molecule has 3 rings (SSSR count). The van der Waals surface area contributed by atoms with Crippen molar-refractivity contribution in [1.29, 1.82) is 0 Å². The normalized spacial score (nSPS) is 15.9. The van der Waals surface area contributed by atoms with Gasteiger partial charge in [-0.2, -0.15) is 13.2 Å². The van der Waals surface area contributed by atoms with Crippen LogP contribution in [0.25, 0.3) is 10.9 Å². The fourth-order valence-corrected chi connectivity index (χ4v) is 2.57. The minimum atomic E-state index is -4.49. The molecule has 122 valence electrons. The summed E-state index contributed by atoms with van der Waals surface area (Å²) in [4.78, 5) is 28.4. The number of carbonyl (C=O) groups is 1. The molecule has 1 fully saturated rings. The molecule has 2 heterocycles. The van der Waals surface area contributed by atoms with Crippen molar-refractivity contribution in [3.63, 3.8) is 0 Å². The average molecular weight is 325 g/mol. The number of alkyl halides is 3. The van der Waals surface area contributed by atoms with Crippen molar-refractivity contribution in [2.24, 2.45) is 0 Å². The number of carbonyl (C=O) groups excluding carboxylic acids is 1. The summed E-state index contributed by atoms with van der Waals surface area (Å²) in [5, 5.41) is 3.48. The highest BCUT2D eigenvalue weighted by atomic mass is 19.4. The van der Waals surface area contributed by atoms with Crippen molar-refractivity contribution >= 4 is 16.8 Å². The number of piperazine rings is 1. The number of pyridine rings is 1. The number of aromatic amines is 1. The lowest BCUT2D eigenvalue weighted by atomic mass is 10.1. The molecule has 1 aromatic heterocycles. The Labute approximate surface area is 129 Å². The highest BCUT2D eigenvalue weighted by Crippen LogP contribution is 2.30. The van der Waals surface area contributed by atoms with E-state index in [-0.39, 0.29) is 11.1 Å². The van der Waals surface area contributed by atoms with Gasteiger partial charge >= 0.3 is 6.18 Å². The Bertz CT molecular complexity index is 808. The van der Waals surface area contributed by atoms with Gasteiger partial charge in [-0.15, -0.1) is 0 Å². The highest BCUT2D eigenvalue weighted by Gasteiger charge is 2.30. The van der Waals surface area contributed by atoms with E-state index in [1.807, 2.05) is 0 Å². The first-order chi connectivity index (χ1) is 10.9. The molecule has 0 bridgehead atoms. The minimum Gasteiger partial charge on any atom is -0.336 e. The maximum absolute atomic E-state index is 12.7. The molecule has 1 saturated heterocycles. The summed E-state index contributed by atoms with van der Waals surface area (Å²) in [6.07, 6.45) is -4.49. The van der Waals surface area contributed by atoms with Crippen molar-refractivity contribution in [3.05, 3.63) is 45.7 Å². The van der Waals surface area contributed by atoms with Gasteiger partial charge in [-0.1, -0.05) is 6.07 Å². The molecule has 0 aliphatic carbocycles. The number of rotatable bonds is 1. The second kappa shape index (κ2) is 5.69. The van der Waals surface area contributed by atoms with Crippen LogP contribution < -0.4 is 10.9 Å². The van der Waals surface area contributed by atoms with Crippen LogP contribution in [0.15, 0.2) is 29.1 Å². The number of H-pyrrole nitrogens is 1. The van der Waals surface area contributed by atoms with Gasteiger partial charge in [0.15, 0.2) is 0 Å². The van der Waals surface area contributed by atoms with Crippen LogP contribution in [0.1, 0.15) is 15.9 Å². The van der Waals surface area contributed by atoms with Gasteiger partial charge in [-0.25, -0.2) is 0 Å². The topological polar surface area (TPSA) is 65.2 Å². The SMILES string of the molecule is O=C(c1cc2ccc(C(F)(F)F)cc2[nH]c1=O)N1CCNCC1. The van der Waals surface area contributed by atoms with Crippen LogP contribution in [0.4, 0.5) is 13.2 Å². The first kappa shape index (κ1) is 15.5. The maximum Gasteiger partial charge on any atom is 0.416 e. The molecule has 1 aliphatic rings. The number of halogens is 3. The first-order valence-electron chi connectivity index (χ1n) is 7.10. The fraction of sp³-hybridized carbons (Fsp3) is 0.333. The van der Waals surface area contributed by atoms with E-state index in [0.29, 0.717) is 31.6 Å². The Balaban J connectivity index is 2.01. The lowest BCUT2D eigenvalue weighted by Gasteiger charge is -2.27. The Morgan fingerprint density at radius 2 is 1.83 bits per heavy atom. The second-order valence-corrected chi connectivity index (χ2v) is 5.35. The minimum absolute atomic E-state index is 0.0563.